The molecule has 0 aliphatic heterocycles. The molecule has 0 bridgehead atoms. The van der Waals surface area contributed by atoms with Gasteiger partial charge in [0.2, 0.25) is 11.8 Å². The van der Waals surface area contributed by atoms with Crippen LogP contribution in [0.1, 0.15) is 42.5 Å². The number of carbonyl (C=O) groups excluding carboxylic acids is 2. The first-order valence-electron chi connectivity index (χ1n) is 12.8. The van der Waals surface area contributed by atoms with E-state index >= 15 is 0 Å². The summed E-state index contributed by atoms with van der Waals surface area (Å²) in [4.78, 5) is 28.4. The number of aryl methyl sites for hydroxylation is 3. The molecule has 0 saturated heterocycles. The normalized spacial score (nSPS) is 12.0. The molecule has 38 heavy (non-hydrogen) atoms. The predicted molar refractivity (Wildman–Crippen MR) is 151 cm³/mol. The van der Waals surface area contributed by atoms with E-state index < -0.39 is 28.5 Å². The Kier molecular flexibility index (Phi) is 9.69. The molecule has 0 aromatic heterocycles. The van der Waals surface area contributed by atoms with Gasteiger partial charge in [-0.25, -0.2) is 8.42 Å². The molecule has 3 rings (SSSR count). The third-order valence-corrected chi connectivity index (χ3v) is 8.36. The van der Waals surface area contributed by atoms with Crippen LogP contribution in [-0.2, 0) is 26.2 Å². The van der Waals surface area contributed by atoms with Crippen molar-refractivity contribution in [3.63, 3.8) is 0 Å². The summed E-state index contributed by atoms with van der Waals surface area (Å²) in [5, 5.41) is 2.86. The Morgan fingerprint density at radius 2 is 1.47 bits per heavy atom. The van der Waals surface area contributed by atoms with Crippen LogP contribution in [0, 0.1) is 20.8 Å². The van der Waals surface area contributed by atoms with Gasteiger partial charge < -0.3 is 10.2 Å². The average molecular weight is 536 g/mol. The Balaban J connectivity index is 2.04. The van der Waals surface area contributed by atoms with Gasteiger partial charge in [0.05, 0.1) is 10.6 Å². The number of amides is 2. The highest BCUT2D eigenvalue weighted by molar-refractivity contribution is 7.92. The lowest BCUT2D eigenvalue weighted by molar-refractivity contribution is -0.139. The fourth-order valence-corrected chi connectivity index (χ4v) is 5.62. The summed E-state index contributed by atoms with van der Waals surface area (Å²) >= 11 is 0. The van der Waals surface area contributed by atoms with Crippen LogP contribution in [0.2, 0.25) is 0 Å². The first-order valence-corrected chi connectivity index (χ1v) is 14.3. The second-order valence-electron chi connectivity index (χ2n) is 9.53. The minimum atomic E-state index is -4.08. The smallest absolute Gasteiger partial charge is 0.264 e. The Labute approximate surface area is 226 Å². The van der Waals surface area contributed by atoms with Crippen LogP contribution in [-0.4, -0.2) is 44.3 Å². The average Bonchev–Trinajstić information content (AvgIpc) is 2.90. The van der Waals surface area contributed by atoms with E-state index in [2.05, 4.69) is 5.32 Å². The second-order valence-corrected chi connectivity index (χ2v) is 11.4. The largest absolute Gasteiger partial charge is 0.354 e. The predicted octanol–water partition coefficient (Wildman–Crippen LogP) is 4.75. The summed E-state index contributed by atoms with van der Waals surface area (Å²) in [6.07, 6.45) is 0.764. The number of para-hydroxylation sites is 1. The van der Waals surface area contributed by atoms with Gasteiger partial charge in [0.1, 0.15) is 12.6 Å². The number of anilines is 1. The Bertz CT molecular complexity index is 1370. The lowest BCUT2D eigenvalue weighted by Crippen LogP contribution is -2.51. The van der Waals surface area contributed by atoms with Crippen LogP contribution < -0.4 is 9.62 Å². The molecule has 8 heteroatoms. The molecule has 3 aromatic carbocycles. The van der Waals surface area contributed by atoms with Gasteiger partial charge in [0, 0.05) is 13.1 Å². The highest BCUT2D eigenvalue weighted by atomic mass is 32.2. The Morgan fingerprint density at radius 3 is 2.08 bits per heavy atom. The van der Waals surface area contributed by atoms with E-state index in [0.29, 0.717) is 12.2 Å². The van der Waals surface area contributed by atoms with Crippen molar-refractivity contribution >= 4 is 27.5 Å². The van der Waals surface area contributed by atoms with Gasteiger partial charge >= 0.3 is 0 Å². The summed E-state index contributed by atoms with van der Waals surface area (Å²) in [7, 11) is -4.08. The summed E-state index contributed by atoms with van der Waals surface area (Å²) in [6, 6.07) is 20.5. The lowest BCUT2D eigenvalue weighted by Gasteiger charge is -2.32. The lowest BCUT2D eigenvalue weighted by atomic mass is 10.1. The first kappa shape index (κ1) is 28.9. The van der Waals surface area contributed by atoms with Gasteiger partial charge in [-0.15, -0.1) is 0 Å². The van der Waals surface area contributed by atoms with E-state index in [1.54, 1.807) is 43.3 Å². The van der Waals surface area contributed by atoms with Crippen LogP contribution >= 0.6 is 0 Å². The van der Waals surface area contributed by atoms with E-state index in [1.807, 2.05) is 64.1 Å². The van der Waals surface area contributed by atoms with Gasteiger partial charge in [-0.2, -0.15) is 0 Å². The van der Waals surface area contributed by atoms with Crippen molar-refractivity contribution in [3.8, 4) is 0 Å². The fourth-order valence-electron chi connectivity index (χ4n) is 4.14. The van der Waals surface area contributed by atoms with E-state index in [1.165, 1.54) is 4.90 Å². The van der Waals surface area contributed by atoms with Crippen molar-refractivity contribution in [1.82, 2.24) is 10.2 Å². The van der Waals surface area contributed by atoms with Crippen molar-refractivity contribution in [2.45, 2.75) is 58.5 Å². The van der Waals surface area contributed by atoms with Gasteiger partial charge in [-0.05, 0) is 69.0 Å². The van der Waals surface area contributed by atoms with E-state index in [0.717, 1.165) is 33.0 Å². The van der Waals surface area contributed by atoms with Crippen molar-refractivity contribution in [1.29, 1.82) is 0 Å². The standard InChI is InChI=1S/C30H37N3O4S/c1-6-19-31-30(35)25(5)32(20-26-13-9-7-11-23(26)3)29(34)21-33(28-14-10-8-12-24(28)4)38(36,37)27-17-15-22(2)16-18-27/h7-18,25H,6,19-21H2,1-5H3,(H,31,35)/t25-/m1/s1. The summed E-state index contributed by atoms with van der Waals surface area (Å²) in [5.74, 6) is -0.746. The monoisotopic (exact) mass is 535 g/mol. The van der Waals surface area contributed by atoms with E-state index in [9.17, 15) is 18.0 Å². The number of benzene rings is 3. The minimum absolute atomic E-state index is 0.0957. The van der Waals surface area contributed by atoms with Gasteiger partial charge in [0.15, 0.2) is 0 Å². The third kappa shape index (κ3) is 6.81. The first-order chi connectivity index (χ1) is 18.1. The molecule has 0 radical (unpaired) electrons. The molecule has 2 amide bonds. The highest BCUT2D eigenvalue weighted by Gasteiger charge is 2.33. The quantitative estimate of drug-likeness (QED) is 0.384. The topological polar surface area (TPSA) is 86.8 Å². The maximum Gasteiger partial charge on any atom is 0.264 e. The molecule has 0 aliphatic rings. The van der Waals surface area contributed by atoms with Crippen LogP contribution in [0.5, 0.6) is 0 Å². The fraction of sp³-hybridized carbons (Fsp3) is 0.333. The zero-order valence-corrected chi connectivity index (χ0v) is 23.6. The van der Waals surface area contributed by atoms with Crippen LogP contribution in [0.15, 0.2) is 77.7 Å². The number of nitrogens with one attached hydrogen (secondary N) is 1. The molecule has 0 fully saturated rings. The second kappa shape index (κ2) is 12.7. The zero-order chi connectivity index (χ0) is 27.9. The minimum Gasteiger partial charge on any atom is -0.354 e. The maximum atomic E-state index is 13.9. The third-order valence-electron chi connectivity index (χ3n) is 6.59. The zero-order valence-electron chi connectivity index (χ0n) is 22.8. The van der Waals surface area contributed by atoms with E-state index in [4.69, 9.17) is 0 Å². The van der Waals surface area contributed by atoms with Crippen molar-refractivity contribution in [2.24, 2.45) is 0 Å². The van der Waals surface area contributed by atoms with Crippen LogP contribution in [0.3, 0.4) is 0 Å². The number of carbonyl (C=O) groups is 2. The van der Waals surface area contributed by atoms with Crippen LogP contribution in [0.25, 0.3) is 0 Å². The molecule has 0 saturated carbocycles. The molecule has 202 valence electrons. The summed E-state index contributed by atoms with van der Waals surface area (Å²) < 4.78 is 28.9. The van der Waals surface area contributed by atoms with Crippen molar-refractivity contribution in [2.75, 3.05) is 17.4 Å². The molecular weight excluding hydrogens is 498 g/mol. The van der Waals surface area contributed by atoms with Crippen LogP contribution in [0.4, 0.5) is 5.69 Å². The Morgan fingerprint density at radius 1 is 0.868 bits per heavy atom. The molecule has 0 heterocycles. The number of nitrogens with zero attached hydrogens (tertiary/aromatic N) is 2. The van der Waals surface area contributed by atoms with Crippen molar-refractivity contribution < 1.29 is 18.0 Å². The summed E-state index contributed by atoms with van der Waals surface area (Å²) in [6.45, 7) is 9.49. The highest BCUT2D eigenvalue weighted by Crippen LogP contribution is 2.27. The van der Waals surface area contributed by atoms with Crippen molar-refractivity contribution in [3.05, 3.63) is 95.1 Å². The molecule has 3 aromatic rings. The molecular formula is C30H37N3O4S. The molecule has 1 N–H and O–H groups in total. The number of rotatable bonds is 11. The summed E-state index contributed by atoms with van der Waals surface area (Å²) in [5.41, 5.74) is 3.93. The molecule has 0 spiro atoms. The number of hydrogen-bond acceptors (Lipinski definition) is 4. The molecule has 7 nitrogen and oxygen atoms in total. The number of sulfonamides is 1. The van der Waals surface area contributed by atoms with Gasteiger partial charge in [-0.1, -0.05) is 67.1 Å². The number of hydrogen-bond donors (Lipinski definition) is 1. The molecule has 0 aliphatic carbocycles. The molecule has 1 atom stereocenters. The van der Waals surface area contributed by atoms with E-state index in [-0.39, 0.29) is 17.3 Å². The van der Waals surface area contributed by atoms with Gasteiger partial charge in [-0.3, -0.25) is 13.9 Å². The Hall–Kier alpha value is -3.65. The maximum absolute atomic E-state index is 13.9. The molecule has 0 unspecified atom stereocenters. The van der Waals surface area contributed by atoms with Gasteiger partial charge in [0.25, 0.3) is 10.0 Å². The SMILES string of the molecule is CCCNC(=O)[C@@H](C)N(Cc1ccccc1C)C(=O)CN(c1ccccc1C)S(=O)(=O)c1ccc(C)cc1.